The van der Waals surface area contributed by atoms with Crippen molar-refractivity contribution in [1.29, 1.82) is 0 Å². The van der Waals surface area contributed by atoms with Gasteiger partial charge < -0.3 is 4.74 Å². The van der Waals surface area contributed by atoms with E-state index in [-0.39, 0.29) is 22.9 Å². The van der Waals surface area contributed by atoms with Crippen molar-refractivity contribution in [3.63, 3.8) is 0 Å². The lowest BCUT2D eigenvalue weighted by Gasteiger charge is -2.30. The molecule has 0 N–H and O–H groups in total. The van der Waals surface area contributed by atoms with Gasteiger partial charge in [-0.2, -0.15) is 0 Å². The summed E-state index contributed by atoms with van der Waals surface area (Å²) in [4.78, 5) is 11.9. The minimum absolute atomic E-state index is 0.190. The molecule has 0 aliphatic heterocycles. The molecule has 14 heavy (non-hydrogen) atoms. The zero-order valence-corrected chi connectivity index (χ0v) is 10.6. The van der Waals surface area contributed by atoms with Crippen molar-refractivity contribution < 1.29 is 9.53 Å². The van der Waals surface area contributed by atoms with E-state index >= 15 is 0 Å². The number of carbonyl (C=O) groups is 1. The van der Waals surface area contributed by atoms with E-state index in [0.717, 1.165) is 6.42 Å². The molecule has 0 heterocycles. The fourth-order valence-electron chi connectivity index (χ4n) is 1.23. The molecule has 2 heteroatoms. The highest BCUT2D eigenvalue weighted by molar-refractivity contribution is 5.87. The van der Waals surface area contributed by atoms with Crippen molar-refractivity contribution >= 4 is 5.78 Å². The van der Waals surface area contributed by atoms with Crippen molar-refractivity contribution in [3.8, 4) is 0 Å². The molecular weight excluding hydrogens is 176 g/mol. The van der Waals surface area contributed by atoms with Gasteiger partial charge in [0.2, 0.25) is 0 Å². The Morgan fingerprint density at radius 2 is 1.57 bits per heavy atom. The second-order valence-corrected chi connectivity index (χ2v) is 5.74. The van der Waals surface area contributed by atoms with Gasteiger partial charge in [-0.15, -0.1) is 0 Å². The molecule has 0 saturated heterocycles. The Morgan fingerprint density at radius 1 is 1.14 bits per heavy atom. The lowest BCUT2D eigenvalue weighted by molar-refractivity contribution is -0.148. The topological polar surface area (TPSA) is 26.3 Å². The molecule has 0 radical (unpaired) electrons. The highest BCUT2D eigenvalue weighted by Gasteiger charge is 2.31. The standard InChI is InChI=1S/C12H24O2/c1-8-9(14-12(5,6)7)10(13)11(2,3)4/h9H,8H2,1-7H3. The average Bonchev–Trinajstić information content (AvgIpc) is 1.95. The number of Topliss-reactive ketones (excluding diaryl/α,β-unsaturated/α-hetero) is 1. The first-order valence-electron chi connectivity index (χ1n) is 5.30. The largest absolute Gasteiger partial charge is 0.365 e. The summed E-state index contributed by atoms with van der Waals surface area (Å²) in [6.45, 7) is 13.7. The Morgan fingerprint density at radius 3 is 1.79 bits per heavy atom. The number of ether oxygens (including phenoxy) is 1. The maximum atomic E-state index is 11.9. The van der Waals surface area contributed by atoms with Gasteiger partial charge in [-0.25, -0.2) is 0 Å². The molecule has 2 nitrogen and oxygen atoms in total. The summed E-state index contributed by atoms with van der Waals surface area (Å²) in [5.74, 6) is 0.190. The molecule has 0 rings (SSSR count). The van der Waals surface area contributed by atoms with Crippen LogP contribution in [0.3, 0.4) is 0 Å². The summed E-state index contributed by atoms with van der Waals surface area (Å²) in [5.41, 5.74) is -0.562. The molecule has 1 atom stereocenters. The minimum Gasteiger partial charge on any atom is -0.365 e. The van der Waals surface area contributed by atoms with Crippen molar-refractivity contribution in [2.24, 2.45) is 5.41 Å². The van der Waals surface area contributed by atoms with Crippen LogP contribution in [0.5, 0.6) is 0 Å². The molecule has 1 unspecified atom stereocenters. The number of ketones is 1. The summed E-state index contributed by atoms with van der Waals surface area (Å²) in [5, 5.41) is 0. The molecule has 0 amide bonds. The Bertz CT molecular complexity index is 193. The summed E-state index contributed by atoms with van der Waals surface area (Å²) >= 11 is 0. The van der Waals surface area contributed by atoms with Crippen LogP contribution in [0.4, 0.5) is 0 Å². The summed E-state index contributed by atoms with van der Waals surface area (Å²) < 4.78 is 5.73. The lowest BCUT2D eigenvalue weighted by Crippen LogP contribution is -2.38. The second kappa shape index (κ2) is 4.43. The summed E-state index contributed by atoms with van der Waals surface area (Å²) in [6.07, 6.45) is 0.475. The number of carbonyl (C=O) groups excluding carboxylic acids is 1. The van der Waals surface area contributed by atoms with Crippen molar-refractivity contribution in [1.82, 2.24) is 0 Å². The number of rotatable bonds is 3. The second-order valence-electron chi connectivity index (χ2n) is 5.74. The van der Waals surface area contributed by atoms with Gasteiger partial charge in [-0.1, -0.05) is 27.7 Å². The van der Waals surface area contributed by atoms with Crippen LogP contribution < -0.4 is 0 Å². The SMILES string of the molecule is CCC(OC(C)(C)C)C(=O)C(C)(C)C. The van der Waals surface area contributed by atoms with Crippen LogP contribution in [0.2, 0.25) is 0 Å². The molecule has 0 aromatic carbocycles. The smallest absolute Gasteiger partial charge is 0.166 e. The van der Waals surface area contributed by atoms with E-state index in [1.54, 1.807) is 0 Å². The van der Waals surface area contributed by atoms with Crippen LogP contribution in [0.15, 0.2) is 0 Å². The van der Waals surface area contributed by atoms with E-state index in [2.05, 4.69) is 0 Å². The zero-order valence-electron chi connectivity index (χ0n) is 10.6. The number of hydrogen-bond acceptors (Lipinski definition) is 2. The van der Waals surface area contributed by atoms with Gasteiger partial charge in [-0.3, -0.25) is 4.79 Å². The van der Waals surface area contributed by atoms with Gasteiger partial charge in [0.25, 0.3) is 0 Å². The third kappa shape index (κ3) is 4.75. The van der Waals surface area contributed by atoms with Gasteiger partial charge in [0.1, 0.15) is 6.10 Å². The van der Waals surface area contributed by atoms with Crippen LogP contribution in [0.25, 0.3) is 0 Å². The zero-order chi connectivity index (χ0) is 11.6. The van der Waals surface area contributed by atoms with Gasteiger partial charge in [-0.05, 0) is 27.2 Å². The van der Waals surface area contributed by atoms with Gasteiger partial charge in [0, 0.05) is 5.41 Å². The van der Waals surface area contributed by atoms with Gasteiger partial charge >= 0.3 is 0 Å². The van der Waals surface area contributed by atoms with Crippen LogP contribution in [-0.2, 0) is 9.53 Å². The Hall–Kier alpha value is -0.370. The van der Waals surface area contributed by atoms with Gasteiger partial charge in [0.05, 0.1) is 5.60 Å². The van der Waals surface area contributed by atoms with Crippen molar-refractivity contribution in [2.45, 2.75) is 66.6 Å². The third-order valence-electron chi connectivity index (χ3n) is 1.90. The molecule has 0 aliphatic rings. The average molecular weight is 200 g/mol. The molecule has 0 aliphatic carbocycles. The Kier molecular flexibility index (Phi) is 4.32. The maximum Gasteiger partial charge on any atom is 0.166 e. The third-order valence-corrected chi connectivity index (χ3v) is 1.90. The minimum atomic E-state index is -0.314. The molecule has 0 spiro atoms. The van der Waals surface area contributed by atoms with Crippen molar-refractivity contribution in [2.75, 3.05) is 0 Å². The first-order chi connectivity index (χ1) is 6.08. The van der Waals surface area contributed by atoms with E-state index in [0.29, 0.717) is 0 Å². The first kappa shape index (κ1) is 13.6. The van der Waals surface area contributed by atoms with E-state index in [1.165, 1.54) is 0 Å². The van der Waals surface area contributed by atoms with E-state index < -0.39 is 0 Å². The molecule has 0 bridgehead atoms. The maximum absolute atomic E-state index is 11.9. The molecule has 0 aromatic heterocycles. The molecule has 84 valence electrons. The monoisotopic (exact) mass is 200 g/mol. The molecule has 0 aromatic rings. The predicted molar refractivity (Wildman–Crippen MR) is 59.4 cm³/mol. The van der Waals surface area contributed by atoms with Gasteiger partial charge in [0.15, 0.2) is 5.78 Å². The van der Waals surface area contributed by atoms with E-state index in [9.17, 15) is 4.79 Å². The highest BCUT2D eigenvalue weighted by Crippen LogP contribution is 2.23. The molecule has 0 saturated carbocycles. The van der Waals surface area contributed by atoms with Crippen LogP contribution in [0.1, 0.15) is 54.9 Å². The summed E-state index contributed by atoms with van der Waals surface area (Å²) in [6, 6.07) is 0. The van der Waals surface area contributed by atoms with Crippen LogP contribution in [0, 0.1) is 5.41 Å². The number of hydrogen-bond donors (Lipinski definition) is 0. The lowest BCUT2D eigenvalue weighted by atomic mass is 9.86. The van der Waals surface area contributed by atoms with E-state index in [4.69, 9.17) is 4.74 Å². The highest BCUT2D eigenvalue weighted by atomic mass is 16.5. The van der Waals surface area contributed by atoms with E-state index in [1.807, 2.05) is 48.5 Å². The molecule has 0 fully saturated rings. The van der Waals surface area contributed by atoms with Crippen LogP contribution >= 0.6 is 0 Å². The van der Waals surface area contributed by atoms with Crippen molar-refractivity contribution in [3.05, 3.63) is 0 Å². The summed E-state index contributed by atoms with van der Waals surface area (Å²) in [7, 11) is 0. The quantitative estimate of drug-likeness (QED) is 0.699. The predicted octanol–water partition coefficient (Wildman–Crippen LogP) is 3.20. The Labute approximate surface area is 88.0 Å². The fourth-order valence-corrected chi connectivity index (χ4v) is 1.23. The fraction of sp³-hybridized carbons (Fsp3) is 0.917. The van der Waals surface area contributed by atoms with Crippen LogP contribution in [-0.4, -0.2) is 17.5 Å². The normalized spacial score (nSPS) is 15.4. The Balaban J connectivity index is 4.51. The first-order valence-corrected chi connectivity index (χ1v) is 5.30. The molecular formula is C12H24O2.